The summed E-state index contributed by atoms with van der Waals surface area (Å²) in [6.07, 6.45) is 7.90. The molecule has 15 heteroatoms. The predicted molar refractivity (Wildman–Crippen MR) is 179 cm³/mol. The summed E-state index contributed by atoms with van der Waals surface area (Å²) >= 11 is 0. The number of primary amides is 1. The van der Waals surface area contributed by atoms with E-state index in [-0.39, 0.29) is 40.5 Å². The Morgan fingerprint density at radius 2 is 1.78 bits per heavy atom. The van der Waals surface area contributed by atoms with Crippen molar-refractivity contribution in [3.8, 4) is 22.4 Å². The van der Waals surface area contributed by atoms with Crippen LogP contribution in [0.25, 0.3) is 28.0 Å². The molecule has 0 unspecified atom stereocenters. The van der Waals surface area contributed by atoms with E-state index in [0.29, 0.717) is 78.6 Å². The molecule has 6 rings (SSSR count). The van der Waals surface area contributed by atoms with Crippen LogP contribution >= 0.6 is 0 Å². The number of H-pyrrole nitrogens is 1. The summed E-state index contributed by atoms with van der Waals surface area (Å²) in [5.41, 5.74) is 9.32. The van der Waals surface area contributed by atoms with E-state index in [1.807, 2.05) is 13.0 Å². The number of imidazole rings is 1. The third-order valence-corrected chi connectivity index (χ3v) is 9.43. The van der Waals surface area contributed by atoms with E-state index in [9.17, 15) is 19.5 Å². The Morgan fingerprint density at radius 1 is 1.04 bits per heavy atom. The average molecular weight is 686 g/mol. The second-order valence-corrected chi connectivity index (χ2v) is 12.8. The number of benzene rings is 2. The molecule has 1 aliphatic heterocycles. The molecule has 0 spiro atoms. The molecular weight excluding hydrogens is 648 g/mol. The monoisotopic (exact) mass is 685 g/mol. The zero-order chi connectivity index (χ0) is 35.6. The number of rotatable bonds is 12. The van der Waals surface area contributed by atoms with Gasteiger partial charge in [-0.05, 0) is 49.1 Å². The lowest BCUT2D eigenvalue weighted by molar-refractivity contribution is -0.920. The van der Waals surface area contributed by atoms with E-state index < -0.39 is 23.5 Å². The third kappa shape index (κ3) is 6.89. The molecule has 1 aliphatic rings. The molecule has 0 saturated carbocycles. The first-order chi connectivity index (χ1) is 24.0. The number of nitrogens with one attached hydrogen (secondary N) is 3. The van der Waals surface area contributed by atoms with Crippen LogP contribution in [0, 0.1) is 24.5 Å². The van der Waals surface area contributed by atoms with Crippen molar-refractivity contribution in [1.29, 1.82) is 0 Å². The van der Waals surface area contributed by atoms with Gasteiger partial charge >= 0.3 is 0 Å². The van der Waals surface area contributed by atoms with Crippen LogP contribution in [0.15, 0.2) is 55.1 Å². The van der Waals surface area contributed by atoms with Crippen LogP contribution in [-0.4, -0.2) is 79.6 Å². The number of nitrogens with two attached hydrogens (primary N) is 1. The van der Waals surface area contributed by atoms with Crippen molar-refractivity contribution in [2.24, 2.45) is 11.7 Å². The molecular formula is C35H37F2N9O4. The summed E-state index contributed by atoms with van der Waals surface area (Å²) in [5, 5.41) is 24.2. The number of carboxylic acid groups (broad SMARTS) is 1. The number of aryl methyl sites for hydroxylation is 2. The summed E-state index contributed by atoms with van der Waals surface area (Å²) in [4.78, 5) is 45.0. The minimum Gasteiger partial charge on any atom is -0.544 e. The van der Waals surface area contributed by atoms with Crippen LogP contribution in [0.5, 0.6) is 0 Å². The molecule has 0 aliphatic carbocycles. The first-order valence-electron chi connectivity index (χ1n) is 16.3. The number of nitrogens with zero attached hydrogens (tertiary/aromatic N) is 5. The van der Waals surface area contributed by atoms with Crippen LogP contribution in [0.3, 0.4) is 0 Å². The second-order valence-electron chi connectivity index (χ2n) is 12.8. The quantitative estimate of drug-likeness (QED) is 0.145. The highest BCUT2D eigenvalue weighted by Gasteiger charge is 2.35. The first-order valence-corrected chi connectivity index (χ1v) is 16.3. The van der Waals surface area contributed by atoms with Gasteiger partial charge in [0.2, 0.25) is 0 Å². The number of hydrogen-bond acceptors (Lipinski definition) is 8. The number of anilines is 2. The summed E-state index contributed by atoms with van der Waals surface area (Å²) in [5.74, 6) is -3.49. The summed E-state index contributed by atoms with van der Waals surface area (Å²) < 4.78 is 32.4. The van der Waals surface area contributed by atoms with Crippen LogP contribution in [0.4, 0.5) is 20.3 Å². The minimum atomic E-state index is -1.22. The summed E-state index contributed by atoms with van der Waals surface area (Å²) in [6, 6.07) is 8.36. The van der Waals surface area contributed by atoms with Gasteiger partial charge in [0, 0.05) is 65.4 Å². The number of aromatic amines is 1. The summed E-state index contributed by atoms with van der Waals surface area (Å²) in [7, 11) is 0. The molecule has 2 aromatic carbocycles. The van der Waals surface area contributed by atoms with Gasteiger partial charge in [0.05, 0.1) is 37.1 Å². The molecule has 13 nitrogen and oxygen atoms in total. The fraction of sp³-hybridized carbons (Fsp3) is 0.314. The largest absolute Gasteiger partial charge is 0.544 e. The lowest BCUT2D eigenvalue weighted by atomic mass is 9.94. The average Bonchev–Trinajstić information content (AvgIpc) is 3.71. The van der Waals surface area contributed by atoms with Gasteiger partial charge in [0.25, 0.3) is 11.8 Å². The van der Waals surface area contributed by atoms with E-state index in [0.717, 1.165) is 5.56 Å². The van der Waals surface area contributed by atoms with Gasteiger partial charge in [-0.1, -0.05) is 13.0 Å². The molecule has 2 amide bonds. The van der Waals surface area contributed by atoms with Crippen LogP contribution in [0.2, 0.25) is 0 Å². The van der Waals surface area contributed by atoms with Gasteiger partial charge in [0.1, 0.15) is 6.54 Å². The van der Waals surface area contributed by atoms with E-state index in [1.54, 1.807) is 29.7 Å². The Labute approximate surface area is 286 Å². The van der Waals surface area contributed by atoms with E-state index in [1.165, 1.54) is 30.7 Å². The van der Waals surface area contributed by atoms with Crippen LogP contribution in [0.1, 0.15) is 41.4 Å². The maximum absolute atomic E-state index is 15.4. The Kier molecular flexibility index (Phi) is 9.59. The molecule has 260 valence electrons. The maximum atomic E-state index is 15.4. The third-order valence-electron chi connectivity index (χ3n) is 9.43. The van der Waals surface area contributed by atoms with Gasteiger partial charge < -0.3 is 30.8 Å². The molecule has 3 aromatic heterocycles. The molecule has 0 atom stereocenters. The topological polar surface area (TPSA) is 183 Å². The lowest BCUT2D eigenvalue weighted by Gasteiger charge is -2.43. The van der Waals surface area contributed by atoms with Gasteiger partial charge in [-0.15, -0.1) is 0 Å². The maximum Gasteiger partial charge on any atom is 0.272 e. The molecule has 50 heavy (non-hydrogen) atoms. The van der Waals surface area contributed by atoms with E-state index >= 15 is 8.78 Å². The molecule has 1 saturated heterocycles. The van der Waals surface area contributed by atoms with Crippen molar-refractivity contribution in [2.45, 2.75) is 33.1 Å². The number of aliphatic carboxylic acids is 1. The molecule has 4 heterocycles. The van der Waals surface area contributed by atoms with Gasteiger partial charge in [-0.2, -0.15) is 5.10 Å². The predicted octanol–water partition coefficient (Wildman–Crippen LogP) is 2.87. The standard InChI is InChI=1S/C35H37F2N9O4/c1-3-22-14-23(4-5-24(22)35(50)41-15-21-8-12-46(13-9-21,18-29(38)47)19-30(48)49)43-33-34-40-17-28(45(34)11-10-39-33)26-7-6-25(31(36)32(26)37)27-16-42-44-20(27)2/h4-7,10-11,14,16-17,21H,3,8-9,12-13,15,18-19H2,1-2H3,(H5-,38,39,41,42,43,44,47,48,49,50). The Morgan fingerprint density at radius 3 is 2.46 bits per heavy atom. The van der Waals surface area contributed by atoms with Crippen molar-refractivity contribution in [1.82, 2.24) is 29.9 Å². The Bertz CT molecular complexity index is 2070. The molecule has 1 fully saturated rings. The molecule has 0 radical (unpaired) electrons. The molecule has 0 bridgehead atoms. The van der Waals surface area contributed by atoms with Gasteiger partial charge in [0.15, 0.2) is 29.6 Å². The number of aromatic nitrogens is 5. The second kappa shape index (κ2) is 14.0. The molecule has 5 aromatic rings. The minimum absolute atomic E-state index is 0.0375. The number of carboxylic acids is 1. The fourth-order valence-corrected chi connectivity index (χ4v) is 6.79. The Hall–Kier alpha value is -5.70. The zero-order valence-corrected chi connectivity index (χ0v) is 27.6. The number of hydrogen-bond donors (Lipinski definition) is 4. The highest BCUT2D eigenvalue weighted by molar-refractivity contribution is 5.96. The smallest absolute Gasteiger partial charge is 0.272 e. The van der Waals surface area contributed by atoms with Crippen molar-refractivity contribution in [3.05, 3.63) is 83.6 Å². The van der Waals surface area contributed by atoms with Crippen molar-refractivity contribution < 1.29 is 32.8 Å². The highest BCUT2D eigenvalue weighted by Crippen LogP contribution is 2.34. The first kappa shape index (κ1) is 34.2. The number of quaternary nitrogens is 1. The van der Waals surface area contributed by atoms with Crippen LogP contribution in [-0.2, 0) is 16.0 Å². The number of amides is 2. The highest BCUT2D eigenvalue weighted by atomic mass is 19.2. The van der Waals surface area contributed by atoms with Gasteiger partial charge in [-0.25, -0.2) is 18.7 Å². The van der Waals surface area contributed by atoms with E-state index in [2.05, 4.69) is 30.8 Å². The number of piperidine rings is 1. The number of halogens is 2. The Balaban J connectivity index is 1.15. The normalized spacial score (nSPS) is 17.5. The van der Waals surface area contributed by atoms with Crippen molar-refractivity contribution in [2.75, 3.05) is 38.0 Å². The van der Waals surface area contributed by atoms with Crippen molar-refractivity contribution >= 4 is 34.9 Å². The fourth-order valence-electron chi connectivity index (χ4n) is 6.79. The summed E-state index contributed by atoms with van der Waals surface area (Å²) in [6.45, 7) is 4.67. The number of carbonyl (C=O) groups excluding carboxylic acids is 3. The zero-order valence-electron chi connectivity index (χ0n) is 27.6. The van der Waals surface area contributed by atoms with Crippen LogP contribution < -0.4 is 21.5 Å². The van der Waals surface area contributed by atoms with E-state index in [4.69, 9.17) is 5.73 Å². The number of carbonyl (C=O) groups is 3. The number of likely N-dealkylation sites (tertiary alicyclic amines) is 1. The SMILES string of the molecule is CCc1cc(Nc2nccn3c(-c4ccc(-c5cn[nH]c5C)c(F)c4F)cnc23)ccc1C(=O)NCC1CC[N+](CC(N)=O)(CC(=O)[O-])CC1. The molecule has 5 N–H and O–H groups in total. The lowest BCUT2D eigenvalue weighted by Crippen LogP contribution is -2.61. The van der Waals surface area contributed by atoms with Gasteiger partial charge in [-0.3, -0.25) is 19.1 Å². The number of fused-ring (bicyclic) bond motifs is 1. The van der Waals surface area contributed by atoms with Crippen molar-refractivity contribution in [3.63, 3.8) is 0 Å².